The first-order valence-electron chi connectivity index (χ1n) is 11.4. The van der Waals surface area contributed by atoms with Gasteiger partial charge in [-0.25, -0.2) is 0 Å². The Morgan fingerprint density at radius 1 is 0.818 bits per heavy atom. The average molecular weight is 446 g/mol. The SMILES string of the molecule is Cc1c(OCCCc2ccccc2)ccc(C(=O)NCCCC(=O)Oc2ccccc2)c1C. The predicted octanol–water partition coefficient (Wildman–Crippen LogP) is 5.43. The molecule has 0 radical (unpaired) electrons. The Morgan fingerprint density at radius 2 is 1.52 bits per heavy atom. The lowest BCUT2D eigenvalue weighted by atomic mass is 10.0. The van der Waals surface area contributed by atoms with Crippen molar-refractivity contribution in [2.75, 3.05) is 13.2 Å². The van der Waals surface area contributed by atoms with E-state index in [0.717, 1.165) is 29.7 Å². The van der Waals surface area contributed by atoms with E-state index in [9.17, 15) is 9.59 Å². The van der Waals surface area contributed by atoms with Gasteiger partial charge in [0.05, 0.1) is 6.61 Å². The number of ether oxygens (including phenoxy) is 2. The minimum atomic E-state index is -0.309. The lowest BCUT2D eigenvalue weighted by Gasteiger charge is -2.14. The molecule has 1 amide bonds. The number of carbonyl (C=O) groups excluding carboxylic acids is 2. The Labute approximate surface area is 195 Å². The number of para-hydroxylation sites is 1. The van der Waals surface area contributed by atoms with Crippen LogP contribution in [0, 0.1) is 13.8 Å². The van der Waals surface area contributed by atoms with Crippen LogP contribution < -0.4 is 14.8 Å². The van der Waals surface area contributed by atoms with Crippen molar-refractivity contribution in [1.29, 1.82) is 0 Å². The molecule has 0 bridgehead atoms. The highest BCUT2D eigenvalue weighted by atomic mass is 16.5. The second-order valence-corrected chi connectivity index (χ2v) is 7.95. The normalized spacial score (nSPS) is 10.5. The van der Waals surface area contributed by atoms with Gasteiger partial charge in [-0.3, -0.25) is 9.59 Å². The minimum Gasteiger partial charge on any atom is -0.493 e. The maximum absolute atomic E-state index is 12.6. The van der Waals surface area contributed by atoms with Crippen LogP contribution in [0.4, 0.5) is 0 Å². The van der Waals surface area contributed by atoms with E-state index in [4.69, 9.17) is 9.47 Å². The Bertz CT molecular complexity index is 1050. The number of esters is 1. The second-order valence-electron chi connectivity index (χ2n) is 7.95. The van der Waals surface area contributed by atoms with Crippen LogP contribution in [-0.2, 0) is 11.2 Å². The highest BCUT2D eigenvalue weighted by Gasteiger charge is 2.14. The third kappa shape index (κ3) is 7.49. The number of hydrogen-bond donors (Lipinski definition) is 1. The number of benzene rings is 3. The van der Waals surface area contributed by atoms with Crippen LogP contribution in [0.15, 0.2) is 72.8 Å². The Hall–Kier alpha value is -3.60. The Morgan fingerprint density at radius 3 is 2.24 bits per heavy atom. The summed E-state index contributed by atoms with van der Waals surface area (Å²) >= 11 is 0. The molecule has 5 heteroatoms. The lowest BCUT2D eigenvalue weighted by Crippen LogP contribution is -2.26. The van der Waals surface area contributed by atoms with Crippen molar-refractivity contribution in [3.05, 3.63) is 95.1 Å². The van der Waals surface area contributed by atoms with Crippen molar-refractivity contribution in [3.8, 4) is 11.5 Å². The summed E-state index contributed by atoms with van der Waals surface area (Å²) in [4.78, 5) is 24.5. The van der Waals surface area contributed by atoms with E-state index in [1.54, 1.807) is 18.2 Å². The molecule has 0 aromatic heterocycles. The van der Waals surface area contributed by atoms with Gasteiger partial charge >= 0.3 is 5.97 Å². The monoisotopic (exact) mass is 445 g/mol. The molecule has 3 aromatic carbocycles. The van der Waals surface area contributed by atoms with Gasteiger partial charge in [-0.05, 0) is 74.1 Å². The summed E-state index contributed by atoms with van der Waals surface area (Å²) in [5, 5.41) is 2.89. The van der Waals surface area contributed by atoms with Crippen LogP contribution >= 0.6 is 0 Å². The Balaban J connectivity index is 1.41. The minimum absolute atomic E-state index is 0.150. The molecule has 1 N–H and O–H groups in total. The van der Waals surface area contributed by atoms with Crippen molar-refractivity contribution >= 4 is 11.9 Å². The van der Waals surface area contributed by atoms with E-state index in [-0.39, 0.29) is 18.3 Å². The summed E-state index contributed by atoms with van der Waals surface area (Å²) in [5.41, 5.74) is 3.79. The van der Waals surface area contributed by atoms with E-state index in [1.165, 1.54) is 5.56 Å². The molecule has 3 rings (SSSR count). The third-order valence-corrected chi connectivity index (χ3v) is 5.51. The van der Waals surface area contributed by atoms with Gasteiger partial charge in [0.25, 0.3) is 5.91 Å². The molecule has 0 saturated heterocycles. The fourth-order valence-electron chi connectivity index (χ4n) is 3.50. The molecule has 0 saturated carbocycles. The lowest BCUT2D eigenvalue weighted by molar-refractivity contribution is -0.134. The third-order valence-electron chi connectivity index (χ3n) is 5.51. The van der Waals surface area contributed by atoms with Gasteiger partial charge in [-0.2, -0.15) is 0 Å². The van der Waals surface area contributed by atoms with E-state index < -0.39 is 0 Å². The first kappa shape index (κ1) is 24.1. The van der Waals surface area contributed by atoms with Crippen LogP contribution in [0.1, 0.15) is 46.3 Å². The molecular formula is C28H31NO4. The number of rotatable bonds is 11. The zero-order chi connectivity index (χ0) is 23.5. The molecule has 172 valence electrons. The van der Waals surface area contributed by atoms with Crippen molar-refractivity contribution < 1.29 is 19.1 Å². The topological polar surface area (TPSA) is 64.6 Å². The van der Waals surface area contributed by atoms with Crippen LogP contribution in [0.2, 0.25) is 0 Å². The highest BCUT2D eigenvalue weighted by molar-refractivity contribution is 5.96. The van der Waals surface area contributed by atoms with Crippen molar-refractivity contribution in [1.82, 2.24) is 5.32 Å². The zero-order valence-corrected chi connectivity index (χ0v) is 19.3. The summed E-state index contributed by atoms with van der Waals surface area (Å²) in [6, 6.07) is 23.0. The molecule has 0 atom stereocenters. The number of hydrogen-bond acceptors (Lipinski definition) is 4. The maximum atomic E-state index is 12.6. The standard InChI is InChI=1S/C28H31NO4/c1-21-22(2)26(32-20-10-13-23-11-5-3-6-12-23)18-17-25(21)28(31)29-19-9-16-27(30)33-24-14-7-4-8-15-24/h3-8,11-12,14-15,17-18H,9-10,13,16,19-20H2,1-2H3,(H,29,31). The van der Waals surface area contributed by atoms with Gasteiger partial charge in [0.2, 0.25) is 0 Å². The van der Waals surface area contributed by atoms with Gasteiger partial charge in [-0.1, -0.05) is 48.5 Å². The number of nitrogens with one attached hydrogen (secondary N) is 1. The molecule has 5 nitrogen and oxygen atoms in total. The van der Waals surface area contributed by atoms with Crippen molar-refractivity contribution in [2.45, 2.75) is 39.5 Å². The van der Waals surface area contributed by atoms with E-state index in [1.807, 2.05) is 56.3 Å². The van der Waals surface area contributed by atoms with Crippen LogP contribution in [0.5, 0.6) is 11.5 Å². The molecule has 3 aromatic rings. The largest absolute Gasteiger partial charge is 0.493 e. The zero-order valence-electron chi connectivity index (χ0n) is 19.3. The van der Waals surface area contributed by atoms with E-state index >= 15 is 0 Å². The van der Waals surface area contributed by atoms with Gasteiger partial charge in [0, 0.05) is 18.5 Å². The molecule has 0 unspecified atom stereocenters. The van der Waals surface area contributed by atoms with E-state index in [2.05, 4.69) is 17.4 Å². The molecule has 0 fully saturated rings. The van der Waals surface area contributed by atoms with Crippen molar-refractivity contribution in [3.63, 3.8) is 0 Å². The van der Waals surface area contributed by atoms with Gasteiger partial charge in [0.1, 0.15) is 11.5 Å². The first-order chi connectivity index (χ1) is 16.0. The van der Waals surface area contributed by atoms with Gasteiger partial charge in [0.15, 0.2) is 0 Å². The molecule has 0 heterocycles. The number of carbonyl (C=O) groups is 2. The van der Waals surface area contributed by atoms with Crippen molar-refractivity contribution in [2.24, 2.45) is 0 Å². The predicted molar refractivity (Wildman–Crippen MR) is 130 cm³/mol. The van der Waals surface area contributed by atoms with Crippen LogP contribution in [0.25, 0.3) is 0 Å². The summed E-state index contributed by atoms with van der Waals surface area (Å²) in [6.07, 6.45) is 2.65. The molecule has 0 aliphatic heterocycles. The highest BCUT2D eigenvalue weighted by Crippen LogP contribution is 2.24. The first-order valence-corrected chi connectivity index (χ1v) is 11.4. The smallest absolute Gasteiger partial charge is 0.311 e. The summed E-state index contributed by atoms with van der Waals surface area (Å²) in [6.45, 7) is 4.93. The molecule has 0 aliphatic rings. The molecule has 33 heavy (non-hydrogen) atoms. The fourth-order valence-corrected chi connectivity index (χ4v) is 3.50. The quantitative estimate of drug-likeness (QED) is 0.243. The second kappa shape index (κ2) is 12.4. The van der Waals surface area contributed by atoms with Gasteiger partial charge < -0.3 is 14.8 Å². The molecule has 0 spiro atoms. The van der Waals surface area contributed by atoms with Crippen LogP contribution in [0.3, 0.4) is 0 Å². The molecular weight excluding hydrogens is 414 g/mol. The fraction of sp³-hybridized carbons (Fsp3) is 0.286. The van der Waals surface area contributed by atoms with Gasteiger partial charge in [-0.15, -0.1) is 0 Å². The Kier molecular flexibility index (Phi) is 9.07. The maximum Gasteiger partial charge on any atom is 0.311 e. The van der Waals surface area contributed by atoms with E-state index in [0.29, 0.717) is 30.9 Å². The number of amides is 1. The summed E-state index contributed by atoms with van der Waals surface area (Å²) in [7, 11) is 0. The average Bonchev–Trinajstić information content (AvgIpc) is 2.83. The molecule has 0 aliphatic carbocycles. The number of aryl methyl sites for hydroxylation is 1. The summed E-state index contributed by atoms with van der Waals surface area (Å²) < 4.78 is 11.2. The van der Waals surface area contributed by atoms with Crippen LogP contribution in [-0.4, -0.2) is 25.0 Å². The summed E-state index contributed by atoms with van der Waals surface area (Å²) in [5.74, 6) is 0.875.